The second kappa shape index (κ2) is 10.0. The molecule has 1 saturated carbocycles. The Morgan fingerprint density at radius 2 is 1.89 bits per heavy atom. The van der Waals surface area contributed by atoms with Crippen molar-refractivity contribution in [1.29, 1.82) is 0 Å². The summed E-state index contributed by atoms with van der Waals surface area (Å²) in [5.41, 5.74) is 1.75. The van der Waals surface area contributed by atoms with Crippen LogP contribution in [0.5, 0.6) is 0 Å². The maximum atomic E-state index is 13.7. The largest absolute Gasteiger partial charge is 0.360 e. The highest BCUT2D eigenvalue weighted by Crippen LogP contribution is 2.35. The minimum atomic E-state index is -0.738. The molecule has 0 aliphatic heterocycles. The Morgan fingerprint density at radius 1 is 1.14 bits per heavy atom. The van der Waals surface area contributed by atoms with Crippen LogP contribution in [0.15, 0.2) is 57.8 Å². The molecule has 2 aromatic carbocycles. The Kier molecular flexibility index (Phi) is 6.77. The Labute approximate surface area is 219 Å². The van der Waals surface area contributed by atoms with Crippen molar-refractivity contribution in [3.63, 3.8) is 0 Å². The number of nitrogens with one attached hydrogen (secondary N) is 1. The van der Waals surface area contributed by atoms with Gasteiger partial charge in [-0.1, -0.05) is 53.2 Å². The maximum absolute atomic E-state index is 13.7. The van der Waals surface area contributed by atoms with E-state index in [1.807, 2.05) is 42.5 Å². The third-order valence-electron chi connectivity index (χ3n) is 7.39. The van der Waals surface area contributed by atoms with Gasteiger partial charge >= 0.3 is 0 Å². The number of amides is 2. The van der Waals surface area contributed by atoms with Gasteiger partial charge in [0.05, 0.1) is 10.5 Å². The molecule has 0 spiro atoms. The minimum Gasteiger partial charge on any atom is -0.360 e. The fourth-order valence-corrected chi connectivity index (χ4v) is 5.77. The molecule has 0 radical (unpaired) electrons. The van der Waals surface area contributed by atoms with Crippen LogP contribution in [0.1, 0.15) is 56.0 Å². The lowest BCUT2D eigenvalue weighted by Crippen LogP contribution is -2.46. The first-order valence-electron chi connectivity index (χ1n) is 12.4. The third-order valence-corrected chi connectivity index (χ3v) is 7.70. The van der Waals surface area contributed by atoms with Gasteiger partial charge in [0.25, 0.3) is 5.56 Å². The van der Waals surface area contributed by atoms with Crippen molar-refractivity contribution in [1.82, 2.24) is 19.9 Å². The van der Waals surface area contributed by atoms with Crippen molar-refractivity contribution < 1.29 is 14.1 Å². The highest BCUT2D eigenvalue weighted by Gasteiger charge is 2.32. The van der Waals surface area contributed by atoms with Crippen LogP contribution < -0.4 is 10.9 Å². The van der Waals surface area contributed by atoms with Crippen LogP contribution >= 0.6 is 11.6 Å². The average Bonchev–Trinajstić information content (AvgIpc) is 3.26. The molecule has 0 bridgehead atoms. The van der Waals surface area contributed by atoms with Crippen LogP contribution in [0.3, 0.4) is 0 Å². The quantitative estimate of drug-likeness (QED) is 0.402. The second-order valence-corrected chi connectivity index (χ2v) is 10.1. The molecular formula is C28H29ClN4O4. The van der Waals surface area contributed by atoms with Crippen LogP contribution in [0.25, 0.3) is 21.8 Å². The van der Waals surface area contributed by atoms with Crippen LogP contribution in [0, 0.1) is 6.92 Å². The fraction of sp³-hybridized carbons (Fsp3) is 0.357. The Hall–Kier alpha value is -3.65. The molecule has 3 atom stereocenters. The SMILES string of the molecule is CC(=O)N(C)[C@H](C(=O)N[C@H]1CCC[C@@H](n2c(=O)c3c(C)onc3c3c(Cl)cccc32)C1)c1ccccc1. The van der Waals surface area contributed by atoms with E-state index in [0.717, 1.165) is 24.8 Å². The lowest BCUT2D eigenvalue weighted by molar-refractivity contribution is -0.138. The van der Waals surface area contributed by atoms with E-state index in [1.165, 1.54) is 11.8 Å². The van der Waals surface area contributed by atoms with Gasteiger partial charge in [0, 0.05) is 31.4 Å². The number of rotatable bonds is 5. The predicted octanol–water partition coefficient (Wildman–Crippen LogP) is 4.92. The summed E-state index contributed by atoms with van der Waals surface area (Å²) in [6.07, 6.45) is 2.99. The summed E-state index contributed by atoms with van der Waals surface area (Å²) in [4.78, 5) is 40.8. The molecular weight excluding hydrogens is 492 g/mol. The molecule has 0 unspecified atom stereocenters. The topological polar surface area (TPSA) is 97.4 Å². The van der Waals surface area contributed by atoms with E-state index in [0.29, 0.717) is 39.0 Å². The molecule has 1 aliphatic carbocycles. The number of carbonyl (C=O) groups is 2. The summed E-state index contributed by atoms with van der Waals surface area (Å²) in [6.45, 7) is 3.17. The summed E-state index contributed by atoms with van der Waals surface area (Å²) < 4.78 is 7.17. The number of nitrogens with zero attached hydrogens (tertiary/aromatic N) is 3. The van der Waals surface area contributed by atoms with Gasteiger partial charge in [0.15, 0.2) is 0 Å². The highest BCUT2D eigenvalue weighted by atomic mass is 35.5. The van der Waals surface area contributed by atoms with Crippen LogP contribution in [0.4, 0.5) is 0 Å². The maximum Gasteiger partial charge on any atom is 0.264 e. The second-order valence-electron chi connectivity index (χ2n) is 9.74. The van der Waals surface area contributed by atoms with Gasteiger partial charge in [0.2, 0.25) is 11.8 Å². The van der Waals surface area contributed by atoms with Crippen LogP contribution in [0.2, 0.25) is 5.02 Å². The van der Waals surface area contributed by atoms with E-state index in [1.54, 1.807) is 24.6 Å². The number of carbonyl (C=O) groups excluding carboxylic acids is 2. The molecule has 5 rings (SSSR count). The number of halogens is 1. The van der Waals surface area contributed by atoms with Gasteiger partial charge in [-0.05, 0) is 50.3 Å². The van der Waals surface area contributed by atoms with Crippen molar-refractivity contribution in [2.75, 3.05) is 7.05 Å². The van der Waals surface area contributed by atoms with E-state index in [2.05, 4.69) is 10.5 Å². The first kappa shape index (κ1) is 25.0. The molecule has 0 saturated heterocycles. The fourth-order valence-electron chi connectivity index (χ4n) is 5.51. The van der Waals surface area contributed by atoms with Gasteiger partial charge in [0.1, 0.15) is 22.7 Å². The molecule has 2 heterocycles. The molecule has 9 heteroatoms. The normalized spacial score (nSPS) is 18.6. The average molecular weight is 521 g/mol. The molecule has 2 amide bonds. The zero-order valence-corrected chi connectivity index (χ0v) is 21.8. The standard InChI is InChI=1S/C28H29ClN4O4/c1-16-23-25(31-37-16)24-21(29)13-8-14-22(24)33(28(23)36)20-12-7-11-19(15-20)30-27(35)26(32(3)17(2)34)18-9-5-4-6-10-18/h4-6,8-10,13-14,19-20,26H,7,11-12,15H2,1-3H3,(H,30,35)/t19-,20+,26-/m0/s1. The Bertz CT molecular complexity index is 1540. The van der Waals surface area contributed by atoms with E-state index in [9.17, 15) is 14.4 Å². The van der Waals surface area contributed by atoms with Crippen LogP contribution in [-0.4, -0.2) is 39.5 Å². The molecule has 4 aromatic rings. The number of aromatic nitrogens is 2. The monoisotopic (exact) mass is 520 g/mol. The van der Waals surface area contributed by atoms with Crippen molar-refractivity contribution in [3.05, 3.63) is 75.2 Å². The van der Waals surface area contributed by atoms with E-state index in [-0.39, 0.29) is 29.5 Å². The number of hydrogen-bond acceptors (Lipinski definition) is 5. The van der Waals surface area contributed by atoms with Gasteiger partial charge in [-0.3, -0.25) is 14.4 Å². The Morgan fingerprint density at radius 3 is 2.62 bits per heavy atom. The third kappa shape index (κ3) is 4.50. The molecule has 8 nitrogen and oxygen atoms in total. The molecule has 1 N–H and O–H groups in total. The summed E-state index contributed by atoms with van der Waals surface area (Å²) in [7, 11) is 1.63. The van der Waals surface area contributed by atoms with Crippen LogP contribution in [-0.2, 0) is 9.59 Å². The van der Waals surface area contributed by atoms with Gasteiger partial charge in [-0.25, -0.2) is 0 Å². The summed E-state index contributed by atoms with van der Waals surface area (Å²) in [6, 6.07) is 13.7. The summed E-state index contributed by atoms with van der Waals surface area (Å²) in [5, 5.41) is 8.92. The van der Waals surface area contributed by atoms with Gasteiger partial charge in [-0.2, -0.15) is 0 Å². The first-order valence-corrected chi connectivity index (χ1v) is 12.8. The minimum absolute atomic E-state index is 0.146. The number of hydrogen-bond donors (Lipinski definition) is 1. The first-order chi connectivity index (χ1) is 17.8. The number of fused-ring (bicyclic) bond motifs is 3. The van der Waals surface area contributed by atoms with Crippen molar-refractivity contribution in [2.45, 2.75) is 57.7 Å². The smallest absolute Gasteiger partial charge is 0.264 e. The molecule has 1 aliphatic rings. The molecule has 192 valence electrons. The van der Waals surface area contributed by atoms with Crippen molar-refractivity contribution in [3.8, 4) is 0 Å². The lowest BCUT2D eigenvalue weighted by Gasteiger charge is -2.34. The number of benzene rings is 2. The van der Waals surface area contributed by atoms with Gasteiger partial charge in [-0.15, -0.1) is 0 Å². The number of pyridine rings is 1. The Balaban J connectivity index is 1.48. The van der Waals surface area contributed by atoms with E-state index >= 15 is 0 Å². The summed E-state index contributed by atoms with van der Waals surface area (Å²) >= 11 is 6.57. The summed E-state index contributed by atoms with van der Waals surface area (Å²) in [5.74, 6) is 0.0205. The predicted molar refractivity (Wildman–Crippen MR) is 143 cm³/mol. The lowest BCUT2D eigenvalue weighted by atomic mass is 9.89. The molecule has 1 fully saturated rings. The zero-order valence-electron chi connectivity index (χ0n) is 21.0. The number of aryl methyl sites for hydroxylation is 1. The van der Waals surface area contributed by atoms with E-state index in [4.69, 9.17) is 16.1 Å². The number of likely N-dealkylation sites (N-methyl/N-ethyl adjacent to an activating group) is 1. The van der Waals surface area contributed by atoms with Gasteiger partial charge < -0.3 is 19.3 Å². The zero-order chi connectivity index (χ0) is 26.3. The van der Waals surface area contributed by atoms with E-state index < -0.39 is 6.04 Å². The van der Waals surface area contributed by atoms with Crippen molar-refractivity contribution >= 4 is 45.2 Å². The van der Waals surface area contributed by atoms with Crippen molar-refractivity contribution in [2.24, 2.45) is 0 Å². The highest BCUT2D eigenvalue weighted by molar-refractivity contribution is 6.37. The molecule has 37 heavy (non-hydrogen) atoms. The molecule has 2 aromatic heterocycles.